The zero-order valence-electron chi connectivity index (χ0n) is 40.1. The first-order chi connectivity index (χ1) is 29.1. The highest BCUT2D eigenvalue weighted by Gasteiger charge is 2.11. The predicted octanol–water partition coefficient (Wildman–Crippen LogP) is 15.5. The van der Waals surface area contributed by atoms with Gasteiger partial charge in [-0.15, -0.1) is 0 Å². The highest BCUT2D eigenvalue weighted by atomic mass is 14.9. The quantitative estimate of drug-likeness (QED) is 0.102. The van der Waals surface area contributed by atoms with E-state index in [1.807, 2.05) is 18.6 Å². The number of pyridine rings is 1. The van der Waals surface area contributed by atoms with Crippen LogP contribution in [0.2, 0.25) is 0 Å². The molecule has 6 aromatic rings. The van der Waals surface area contributed by atoms with E-state index in [1.165, 1.54) is 70.2 Å². The molecular formula is C56H75N5. The zero-order valence-corrected chi connectivity index (χ0v) is 40.1. The zero-order chi connectivity index (χ0) is 44.6. The Morgan fingerprint density at radius 3 is 1.20 bits per heavy atom. The van der Waals surface area contributed by atoms with E-state index in [0.717, 1.165) is 52.7 Å². The Hall–Kier alpha value is -5.03. The van der Waals surface area contributed by atoms with Gasteiger partial charge in [-0.1, -0.05) is 162 Å². The summed E-state index contributed by atoms with van der Waals surface area (Å²) >= 11 is 0. The number of unbranched alkanes of at least 4 members (excludes halogenated alkanes) is 2. The van der Waals surface area contributed by atoms with E-state index in [1.54, 1.807) is 0 Å². The van der Waals surface area contributed by atoms with E-state index < -0.39 is 0 Å². The summed E-state index contributed by atoms with van der Waals surface area (Å²) in [5, 5.41) is 0. The molecule has 0 saturated carbocycles. The molecule has 0 aliphatic heterocycles. The average Bonchev–Trinajstić information content (AvgIpc) is 3.21. The van der Waals surface area contributed by atoms with Gasteiger partial charge in [-0.05, 0) is 121 Å². The van der Waals surface area contributed by atoms with E-state index in [0.29, 0.717) is 29.6 Å². The summed E-state index contributed by atoms with van der Waals surface area (Å²) < 4.78 is 0. The van der Waals surface area contributed by atoms with Gasteiger partial charge in [0.1, 0.15) is 0 Å². The molecule has 0 spiro atoms. The Morgan fingerprint density at radius 2 is 0.836 bits per heavy atom. The van der Waals surface area contributed by atoms with Crippen LogP contribution in [0.5, 0.6) is 0 Å². The number of benzene rings is 3. The average molecular weight is 818 g/mol. The number of hydrogen-bond donors (Lipinski definition) is 0. The maximum Gasteiger partial charge on any atom is 0.159 e. The Labute approximate surface area is 370 Å². The molecule has 0 bridgehead atoms. The molecule has 0 N–H and O–H groups in total. The van der Waals surface area contributed by atoms with Crippen molar-refractivity contribution < 1.29 is 0 Å². The van der Waals surface area contributed by atoms with Gasteiger partial charge in [0.25, 0.3) is 0 Å². The lowest BCUT2D eigenvalue weighted by Crippen LogP contribution is -2.00. The molecule has 0 radical (unpaired) electrons. The molecule has 0 aliphatic carbocycles. The molecule has 0 unspecified atom stereocenters. The Morgan fingerprint density at radius 1 is 0.443 bits per heavy atom. The second kappa shape index (κ2) is 23.8. The van der Waals surface area contributed by atoms with E-state index in [2.05, 4.69) is 201 Å². The van der Waals surface area contributed by atoms with Crippen LogP contribution in [0, 0.1) is 32.6 Å². The van der Waals surface area contributed by atoms with Crippen LogP contribution in [-0.4, -0.2) is 24.9 Å². The molecule has 0 atom stereocenters. The van der Waals surface area contributed by atoms with Gasteiger partial charge in [0, 0.05) is 46.7 Å². The minimum absolute atomic E-state index is 0.470. The van der Waals surface area contributed by atoms with Gasteiger partial charge in [-0.25, -0.2) is 19.9 Å². The van der Waals surface area contributed by atoms with Gasteiger partial charge >= 0.3 is 0 Å². The van der Waals surface area contributed by atoms with Crippen molar-refractivity contribution in [2.45, 2.75) is 153 Å². The van der Waals surface area contributed by atoms with Gasteiger partial charge in [0.05, 0.1) is 5.69 Å². The number of aromatic nitrogens is 5. The molecule has 0 saturated heterocycles. The van der Waals surface area contributed by atoms with Crippen LogP contribution < -0.4 is 0 Å². The third-order valence-corrected chi connectivity index (χ3v) is 11.1. The van der Waals surface area contributed by atoms with Crippen LogP contribution in [0.3, 0.4) is 0 Å². The molecule has 6 rings (SSSR count). The third kappa shape index (κ3) is 15.1. The topological polar surface area (TPSA) is 64.5 Å². The Kier molecular flexibility index (Phi) is 19.0. The van der Waals surface area contributed by atoms with E-state index in [-0.39, 0.29) is 0 Å². The predicted molar refractivity (Wildman–Crippen MR) is 261 cm³/mol. The van der Waals surface area contributed by atoms with Crippen LogP contribution >= 0.6 is 0 Å². The fourth-order valence-electron chi connectivity index (χ4n) is 7.64. The first-order valence-electron chi connectivity index (χ1n) is 23.0. The highest BCUT2D eigenvalue weighted by molar-refractivity contribution is 5.61. The van der Waals surface area contributed by atoms with Crippen LogP contribution in [0.4, 0.5) is 0 Å². The lowest BCUT2D eigenvalue weighted by atomic mass is 9.97. The minimum Gasteiger partial charge on any atom is -0.256 e. The van der Waals surface area contributed by atoms with E-state index >= 15 is 0 Å². The van der Waals surface area contributed by atoms with Crippen LogP contribution in [-0.2, 0) is 19.3 Å². The highest BCUT2D eigenvalue weighted by Crippen LogP contribution is 2.26. The van der Waals surface area contributed by atoms with Gasteiger partial charge in [0.2, 0.25) is 0 Å². The molecule has 3 aromatic carbocycles. The molecule has 5 nitrogen and oxygen atoms in total. The molecule has 324 valence electrons. The fraction of sp³-hybridized carbons (Fsp3) is 0.446. The van der Waals surface area contributed by atoms with Crippen LogP contribution in [0.25, 0.3) is 34.0 Å². The molecule has 61 heavy (non-hydrogen) atoms. The van der Waals surface area contributed by atoms with Crippen molar-refractivity contribution in [3.63, 3.8) is 0 Å². The summed E-state index contributed by atoms with van der Waals surface area (Å²) in [5.74, 6) is 4.51. The standard InChI is InChI=1S/C19H26N2.C19H25N.C18H24N2/c1-5-6-7-8-16-9-11-17(12-10-16)19-20-13-18(14(2)3)15(4)21-19;1-13(2)10-16-6-8-17(9-7-16)19-11-15(5)18(12-20-19)14(3)4;1-12(2)10-15-6-8-16(9-7-15)18-19-11-17(13(3)4)14(5)20-18/h9-14H,5-8H2,1-4H3;6-9,11-14H,10H2,1-5H3;6-9,11-13H,10H2,1-5H3. The molecule has 0 fully saturated rings. The fourth-order valence-corrected chi connectivity index (χ4v) is 7.64. The number of aryl methyl sites for hydroxylation is 4. The molecule has 5 heteroatoms. The van der Waals surface area contributed by atoms with E-state index in [9.17, 15) is 0 Å². The lowest BCUT2D eigenvalue weighted by molar-refractivity contribution is 0.647. The first-order valence-corrected chi connectivity index (χ1v) is 23.0. The summed E-state index contributed by atoms with van der Waals surface area (Å²) in [7, 11) is 0. The summed E-state index contributed by atoms with van der Waals surface area (Å²) in [6.07, 6.45) is 13.2. The van der Waals surface area contributed by atoms with Crippen molar-refractivity contribution in [3.05, 3.63) is 148 Å². The third-order valence-electron chi connectivity index (χ3n) is 11.1. The summed E-state index contributed by atoms with van der Waals surface area (Å²) in [6.45, 7) is 30.7. The summed E-state index contributed by atoms with van der Waals surface area (Å²) in [5.41, 5.74) is 15.9. The monoisotopic (exact) mass is 818 g/mol. The Balaban J connectivity index is 0.000000202. The van der Waals surface area contributed by atoms with Crippen molar-refractivity contribution in [1.82, 2.24) is 24.9 Å². The lowest BCUT2D eigenvalue weighted by Gasteiger charge is -2.11. The molecule has 3 aromatic heterocycles. The van der Waals surface area contributed by atoms with Gasteiger partial charge < -0.3 is 0 Å². The second-order valence-electron chi connectivity index (χ2n) is 18.6. The number of nitrogens with zero attached hydrogens (tertiary/aromatic N) is 5. The van der Waals surface area contributed by atoms with Crippen molar-refractivity contribution in [3.8, 4) is 34.0 Å². The second-order valence-corrected chi connectivity index (χ2v) is 18.6. The normalized spacial score (nSPS) is 11.3. The largest absolute Gasteiger partial charge is 0.256 e. The number of hydrogen-bond acceptors (Lipinski definition) is 5. The molecule has 0 aliphatic rings. The number of rotatable bonds is 14. The Bertz CT molecular complexity index is 2110. The van der Waals surface area contributed by atoms with Crippen molar-refractivity contribution >= 4 is 0 Å². The smallest absolute Gasteiger partial charge is 0.159 e. The SMILES string of the molecule is CCCCCc1ccc(-c2ncc(C(C)C)c(C)n2)cc1.Cc1cc(-c2ccc(CC(C)C)cc2)ncc1C(C)C.Cc1nc(-c2ccc(CC(C)C)cc2)ncc1C(C)C. The maximum atomic E-state index is 4.66. The van der Waals surface area contributed by atoms with E-state index in [4.69, 9.17) is 0 Å². The van der Waals surface area contributed by atoms with Gasteiger partial charge in [-0.3, -0.25) is 4.98 Å². The van der Waals surface area contributed by atoms with Gasteiger partial charge in [0.15, 0.2) is 11.6 Å². The van der Waals surface area contributed by atoms with Crippen LogP contribution in [0.15, 0.2) is 97.5 Å². The van der Waals surface area contributed by atoms with Gasteiger partial charge in [-0.2, -0.15) is 0 Å². The van der Waals surface area contributed by atoms with Crippen LogP contribution in [0.1, 0.15) is 164 Å². The van der Waals surface area contributed by atoms with Crippen molar-refractivity contribution in [1.29, 1.82) is 0 Å². The molecule has 3 heterocycles. The minimum atomic E-state index is 0.470. The van der Waals surface area contributed by atoms with Crippen molar-refractivity contribution in [2.24, 2.45) is 11.8 Å². The first kappa shape index (κ1) is 48.6. The summed E-state index contributed by atoms with van der Waals surface area (Å²) in [4.78, 5) is 23.0. The van der Waals surface area contributed by atoms with Crippen molar-refractivity contribution in [2.75, 3.05) is 0 Å². The molecular weight excluding hydrogens is 743 g/mol. The molecule has 0 amide bonds. The summed E-state index contributed by atoms with van der Waals surface area (Å²) in [6, 6.07) is 28.4. The maximum absolute atomic E-state index is 4.66.